The minimum absolute atomic E-state index is 0.0273. The first kappa shape index (κ1) is 12.4. The molecule has 0 spiro atoms. The molecule has 0 unspecified atom stereocenters. The van der Waals surface area contributed by atoms with E-state index in [2.05, 4.69) is 15.3 Å². The molecule has 2 aromatic rings. The van der Waals surface area contributed by atoms with E-state index in [-0.39, 0.29) is 11.9 Å². The molecule has 0 radical (unpaired) electrons. The number of imidazole rings is 1. The number of hydrogen-bond donors (Lipinski definition) is 2. The molecule has 0 aliphatic rings. The fraction of sp³-hybridized carbons (Fsp3) is 0.286. The molecular formula is C14H17N3O. The van der Waals surface area contributed by atoms with Crippen LogP contribution in [0.15, 0.2) is 36.8 Å². The van der Waals surface area contributed by atoms with Crippen molar-refractivity contribution in [2.75, 3.05) is 0 Å². The molecular weight excluding hydrogens is 226 g/mol. The highest BCUT2D eigenvalue weighted by Crippen LogP contribution is 2.16. The third kappa shape index (κ3) is 2.77. The number of nitrogens with zero attached hydrogens (tertiary/aromatic N) is 1. The van der Waals surface area contributed by atoms with Gasteiger partial charge in [-0.1, -0.05) is 19.1 Å². The average molecular weight is 243 g/mol. The van der Waals surface area contributed by atoms with Gasteiger partial charge in [0.1, 0.15) is 0 Å². The zero-order chi connectivity index (χ0) is 13.0. The quantitative estimate of drug-likeness (QED) is 0.867. The van der Waals surface area contributed by atoms with Crippen LogP contribution >= 0.6 is 0 Å². The first-order valence-electron chi connectivity index (χ1n) is 6.10. The van der Waals surface area contributed by atoms with E-state index in [4.69, 9.17) is 0 Å². The molecule has 1 aromatic carbocycles. The Labute approximate surface area is 106 Å². The lowest BCUT2D eigenvalue weighted by Gasteiger charge is -2.11. The van der Waals surface area contributed by atoms with Crippen LogP contribution in [-0.2, 0) is 0 Å². The summed E-state index contributed by atoms with van der Waals surface area (Å²) in [5.74, 6) is -0.0273. The van der Waals surface area contributed by atoms with Crippen molar-refractivity contribution in [3.63, 3.8) is 0 Å². The Morgan fingerprint density at radius 2 is 2.11 bits per heavy atom. The monoisotopic (exact) mass is 243 g/mol. The van der Waals surface area contributed by atoms with E-state index in [1.807, 2.05) is 38.1 Å². The van der Waals surface area contributed by atoms with Gasteiger partial charge in [-0.3, -0.25) is 4.79 Å². The fourth-order valence-electron chi connectivity index (χ4n) is 1.62. The van der Waals surface area contributed by atoms with Crippen LogP contribution in [0, 0.1) is 0 Å². The summed E-state index contributed by atoms with van der Waals surface area (Å²) < 4.78 is 0. The second-order valence-electron chi connectivity index (χ2n) is 4.33. The molecule has 0 aliphatic heterocycles. The number of benzene rings is 1. The van der Waals surface area contributed by atoms with E-state index in [9.17, 15) is 4.79 Å². The maximum atomic E-state index is 11.9. The van der Waals surface area contributed by atoms with Crippen LogP contribution in [-0.4, -0.2) is 21.9 Å². The van der Waals surface area contributed by atoms with Gasteiger partial charge in [-0.05, 0) is 31.0 Å². The molecule has 18 heavy (non-hydrogen) atoms. The molecule has 1 amide bonds. The van der Waals surface area contributed by atoms with E-state index in [1.54, 1.807) is 12.5 Å². The number of nitrogens with one attached hydrogen (secondary N) is 2. The smallest absolute Gasteiger partial charge is 0.251 e. The second kappa shape index (κ2) is 5.49. The van der Waals surface area contributed by atoms with E-state index < -0.39 is 0 Å². The molecule has 1 atom stereocenters. The van der Waals surface area contributed by atoms with Crippen molar-refractivity contribution < 1.29 is 4.79 Å². The Morgan fingerprint density at radius 3 is 2.67 bits per heavy atom. The van der Waals surface area contributed by atoms with Gasteiger partial charge in [-0.2, -0.15) is 0 Å². The molecule has 0 bridgehead atoms. The topological polar surface area (TPSA) is 57.8 Å². The van der Waals surface area contributed by atoms with E-state index >= 15 is 0 Å². The van der Waals surface area contributed by atoms with Crippen molar-refractivity contribution in [1.29, 1.82) is 0 Å². The Balaban J connectivity index is 2.10. The van der Waals surface area contributed by atoms with Crippen molar-refractivity contribution in [1.82, 2.24) is 15.3 Å². The number of aromatic amines is 1. The van der Waals surface area contributed by atoms with E-state index in [0.717, 1.165) is 17.7 Å². The SMILES string of the molecule is CC[C@@H](C)NC(=O)c1ccc(-c2cnc[nH]2)cc1. The summed E-state index contributed by atoms with van der Waals surface area (Å²) >= 11 is 0. The van der Waals surface area contributed by atoms with Crippen LogP contribution < -0.4 is 5.32 Å². The van der Waals surface area contributed by atoms with Crippen molar-refractivity contribution in [2.45, 2.75) is 26.3 Å². The lowest BCUT2D eigenvalue weighted by atomic mass is 10.1. The zero-order valence-corrected chi connectivity index (χ0v) is 10.6. The predicted octanol–water partition coefficient (Wildman–Crippen LogP) is 2.61. The molecule has 2 rings (SSSR count). The molecule has 0 saturated heterocycles. The predicted molar refractivity (Wildman–Crippen MR) is 71.2 cm³/mol. The molecule has 0 saturated carbocycles. The zero-order valence-electron chi connectivity index (χ0n) is 10.6. The van der Waals surface area contributed by atoms with Gasteiger partial charge >= 0.3 is 0 Å². The normalized spacial score (nSPS) is 12.1. The fourth-order valence-corrected chi connectivity index (χ4v) is 1.62. The number of amides is 1. The van der Waals surface area contributed by atoms with Crippen LogP contribution in [0.2, 0.25) is 0 Å². The van der Waals surface area contributed by atoms with Crippen LogP contribution in [0.4, 0.5) is 0 Å². The summed E-state index contributed by atoms with van der Waals surface area (Å²) in [5, 5.41) is 2.94. The van der Waals surface area contributed by atoms with Crippen LogP contribution in [0.5, 0.6) is 0 Å². The van der Waals surface area contributed by atoms with Gasteiger partial charge in [0.05, 0.1) is 18.2 Å². The Kier molecular flexibility index (Phi) is 3.77. The number of H-pyrrole nitrogens is 1. The lowest BCUT2D eigenvalue weighted by Crippen LogP contribution is -2.31. The van der Waals surface area contributed by atoms with Crippen LogP contribution in [0.25, 0.3) is 11.3 Å². The minimum atomic E-state index is -0.0273. The van der Waals surface area contributed by atoms with Crippen molar-refractivity contribution in [3.05, 3.63) is 42.4 Å². The third-order valence-corrected chi connectivity index (χ3v) is 2.95. The van der Waals surface area contributed by atoms with Crippen LogP contribution in [0.3, 0.4) is 0 Å². The summed E-state index contributed by atoms with van der Waals surface area (Å²) in [7, 11) is 0. The highest BCUT2D eigenvalue weighted by molar-refractivity contribution is 5.94. The lowest BCUT2D eigenvalue weighted by molar-refractivity contribution is 0.0939. The van der Waals surface area contributed by atoms with Crippen molar-refractivity contribution in [2.24, 2.45) is 0 Å². The maximum Gasteiger partial charge on any atom is 0.251 e. The van der Waals surface area contributed by atoms with Crippen molar-refractivity contribution in [3.8, 4) is 11.3 Å². The number of aromatic nitrogens is 2. The molecule has 1 heterocycles. The van der Waals surface area contributed by atoms with Crippen molar-refractivity contribution >= 4 is 5.91 Å². The molecule has 1 aromatic heterocycles. The molecule has 4 nitrogen and oxygen atoms in total. The Hall–Kier alpha value is -2.10. The Morgan fingerprint density at radius 1 is 1.39 bits per heavy atom. The molecule has 0 fully saturated rings. The number of carbonyl (C=O) groups excluding carboxylic acids is 1. The molecule has 94 valence electrons. The van der Waals surface area contributed by atoms with Crippen LogP contribution in [0.1, 0.15) is 30.6 Å². The summed E-state index contributed by atoms with van der Waals surface area (Å²) in [6.07, 6.45) is 4.32. The number of hydrogen-bond acceptors (Lipinski definition) is 2. The van der Waals surface area contributed by atoms with Gasteiger partial charge in [0, 0.05) is 11.6 Å². The highest BCUT2D eigenvalue weighted by atomic mass is 16.1. The summed E-state index contributed by atoms with van der Waals surface area (Å²) in [5.41, 5.74) is 2.65. The largest absolute Gasteiger partial charge is 0.350 e. The molecule has 2 N–H and O–H groups in total. The van der Waals surface area contributed by atoms with Gasteiger partial charge in [0.15, 0.2) is 0 Å². The summed E-state index contributed by atoms with van der Waals surface area (Å²) in [6.45, 7) is 4.04. The minimum Gasteiger partial charge on any atom is -0.350 e. The Bertz CT molecular complexity index is 502. The second-order valence-corrected chi connectivity index (χ2v) is 4.33. The van der Waals surface area contributed by atoms with E-state index in [0.29, 0.717) is 5.56 Å². The van der Waals surface area contributed by atoms with Gasteiger partial charge in [-0.25, -0.2) is 4.98 Å². The summed E-state index contributed by atoms with van der Waals surface area (Å²) in [4.78, 5) is 18.9. The maximum absolute atomic E-state index is 11.9. The molecule has 0 aliphatic carbocycles. The molecule has 4 heteroatoms. The van der Waals surface area contributed by atoms with Gasteiger partial charge in [0.25, 0.3) is 5.91 Å². The number of rotatable bonds is 4. The van der Waals surface area contributed by atoms with Gasteiger partial charge < -0.3 is 10.3 Å². The summed E-state index contributed by atoms with van der Waals surface area (Å²) in [6, 6.07) is 7.68. The van der Waals surface area contributed by atoms with E-state index in [1.165, 1.54) is 0 Å². The average Bonchev–Trinajstić information content (AvgIpc) is 2.92. The highest BCUT2D eigenvalue weighted by Gasteiger charge is 2.08. The third-order valence-electron chi connectivity index (χ3n) is 2.95. The first-order chi connectivity index (χ1) is 8.70. The first-order valence-corrected chi connectivity index (χ1v) is 6.10. The van der Waals surface area contributed by atoms with Gasteiger partial charge in [-0.15, -0.1) is 0 Å². The number of carbonyl (C=O) groups is 1. The van der Waals surface area contributed by atoms with Gasteiger partial charge in [0.2, 0.25) is 0 Å². The standard InChI is InChI=1S/C14H17N3O/c1-3-10(2)17-14(18)12-6-4-11(5-7-12)13-8-15-9-16-13/h4-10H,3H2,1-2H3,(H,15,16)(H,17,18)/t10-/m1/s1.